The lowest BCUT2D eigenvalue weighted by Crippen LogP contribution is -2.50. The van der Waals surface area contributed by atoms with Crippen LogP contribution in [0, 0.1) is 17.5 Å². The highest BCUT2D eigenvalue weighted by molar-refractivity contribution is 6.30. The van der Waals surface area contributed by atoms with Gasteiger partial charge >= 0.3 is 12.2 Å². The third-order valence-electron chi connectivity index (χ3n) is 8.85. The van der Waals surface area contributed by atoms with Crippen molar-refractivity contribution in [2.75, 3.05) is 45.0 Å². The van der Waals surface area contributed by atoms with Gasteiger partial charge in [0, 0.05) is 24.6 Å². The second-order valence-corrected chi connectivity index (χ2v) is 12.8. The molecule has 2 heterocycles. The molecular formula is C36H40ClF3N4O7. The van der Waals surface area contributed by atoms with Gasteiger partial charge in [-0.1, -0.05) is 35.9 Å². The summed E-state index contributed by atoms with van der Waals surface area (Å²) in [7, 11) is 1.06. The summed E-state index contributed by atoms with van der Waals surface area (Å²) in [6.07, 6.45) is -0.00993. The second-order valence-electron chi connectivity index (χ2n) is 12.4. The minimum Gasteiger partial charge on any atom is -0.452 e. The number of imide groups is 1. The molecule has 0 bridgehead atoms. The van der Waals surface area contributed by atoms with Gasteiger partial charge in [0.15, 0.2) is 0 Å². The van der Waals surface area contributed by atoms with Crippen LogP contribution < -0.4 is 21.3 Å². The number of ether oxygens (including phenoxy) is 4. The fraction of sp³-hybridized carbons (Fsp3) is 0.417. The smallest absolute Gasteiger partial charge is 0.420 e. The lowest BCUT2D eigenvalue weighted by atomic mass is 9.84. The summed E-state index contributed by atoms with van der Waals surface area (Å²) in [6, 6.07) is 11.1. The van der Waals surface area contributed by atoms with Crippen molar-refractivity contribution in [2.45, 2.75) is 55.8 Å². The van der Waals surface area contributed by atoms with Crippen molar-refractivity contribution < 1.29 is 46.5 Å². The first-order chi connectivity index (χ1) is 24.5. The van der Waals surface area contributed by atoms with Gasteiger partial charge in [0.1, 0.15) is 24.1 Å². The van der Waals surface area contributed by atoms with E-state index in [1.54, 1.807) is 0 Å². The molecule has 2 aliphatic rings. The standard InChI is InChI=1S/C36H40ClF3N4O7/c1-48-36(47)44(34(45)33(41)32(21-5-2-6-23(38)15-21)22-10-13-28(37)30(40)16-22)31-9-3-8-29(39)27(31)12-11-26-17-42-25(19-50-26)20-51-35(46)43-24-7-4-14-49-18-24/h2-3,5-6,8-10,13,15-16,24-26,32-33,42H,4,7,11-12,14,17-20,41H2,1H3,(H,43,46)/t24-,25+,26-,32-,33+/m1/s1. The number of carbonyl (C=O) groups excluding carboxylic acids is 3. The summed E-state index contributed by atoms with van der Waals surface area (Å²) in [5.74, 6) is -4.25. The number of morpholine rings is 1. The third kappa shape index (κ3) is 9.77. The molecule has 0 aromatic heterocycles. The predicted octanol–water partition coefficient (Wildman–Crippen LogP) is 5.21. The number of rotatable bonds is 11. The van der Waals surface area contributed by atoms with Gasteiger partial charge in [-0.25, -0.2) is 27.7 Å². The van der Waals surface area contributed by atoms with Crippen molar-refractivity contribution >= 4 is 35.4 Å². The van der Waals surface area contributed by atoms with E-state index in [4.69, 9.17) is 36.3 Å². The Balaban J connectivity index is 1.28. The van der Waals surface area contributed by atoms with Crippen LogP contribution in [0.4, 0.5) is 28.4 Å². The zero-order chi connectivity index (χ0) is 36.5. The molecular weight excluding hydrogens is 693 g/mol. The zero-order valence-electron chi connectivity index (χ0n) is 27.9. The molecule has 5 atom stereocenters. The van der Waals surface area contributed by atoms with Crippen molar-refractivity contribution in [1.29, 1.82) is 0 Å². The number of anilines is 1. The van der Waals surface area contributed by atoms with E-state index in [1.807, 2.05) is 0 Å². The Kier molecular flexibility index (Phi) is 13.3. The van der Waals surface area contributed by atoms with Crippen molar-refractivity contribution in [2.24, 2.45) is 5.73 Å². The number of halogens is 4. The number of nitrogens with two attached hydrogens (primary N) is 1. The van der Waals surface area contributed by atoms with Gasteiger partial charge in [-0.05, 0) is 73.2 Å². The summed E-state index contributed by atoms with van der Waals surface area (Å²) in [6.45, 7) is 1.80. The van der Waals surface area contributed by atoms with Crippen LogP contribution in [0.1, 0.15) is 41.9 Å². The molecule has 274 valence electrons. The van der Waals surface area contributed by atoms with Gasteiger partial charge in [0.25, 0.3) is 5.91 Å². The number of benzene rings is 3. The van der Waals surface area contributed by atoms with Gasteiger partial charge < -0.3 is 35.3 Å². The largest absolute Gasteiger partial charge is 0.452 e. The third-order valence-corrected chi connectivity index (χ3v) is 9.16. The Morgan fingerprint density at radius 1 is 1.06 bits per heavy atom. The molecule has 0 unspecified atom stereocenters. The Hall–Kier alpha value is -4.21. The Labute approximate surface area is 298 Å². The number of hydrogen-bond donors (Lipinski definition) is 3. The van der Waals surface area contributed by atoms with Crippen molar-refractivity contribution in [1.82, 2.24) is 10.6 Å². The number of amides is 3. The average molecular weight is 733 g/mol. The zero-order valence-corrected chi connectivity index (χ0v) is 28.7. The average Bonchev–Trinajstić information content (AvgIpc) is 3.13. The summed E-state index contributed by atoms with van der Waals surface area (Å²) < 4.78 is 66.1. The number of nitrogens with zero attached hydrogens (tertiary/aromatic N) is 1. The number of alkyl carbamates (subject to hydrolysis) is 1. The summed E-state index contributed by atoms with van der Waals surface area (Å²) in [5, 5.41) is 5.88. The van der Waals surface area contributed by atoms with E-state index in [1.165, 1.54) is 48.5 Å². The first kappa shape index (κ1) is 38.0. The van der Waals surface area contributed by atoms with E-state index in [0.717, 1.165) is 32.1 Å². The van der Waals surface area contributed by atoms with Gasteiger partial charge in [0.2, 0.25) is 0 Å². The predicted molar refractivity (Wildman–Crippen MR) is 182 cm³/mol. The van der Waals surface area contributed by atoms with Crippen LogP contribution in [-0.2, 0) is 30.2 Å². The fourth-order valence-electron chi connectivity index (χ4n) is 6.21. The monoisotopic (exact) mass is 732 g/mol. The maximum absolute atomic E-state index is 15.5. The maximum atomic E-state index is 15.5. The maximum Gasteiger partial charge on any atom is 0.420 e. The molecule has 0 radical (unpaired) electrons. The van der Waals surface area contributed by atoms with Crippen LogP contribution in [0.5, 0.6) is 0 Å². The van der Waals surface area contributed by atoms with Gasteiger partial charge in [0.05, 0.1) is 55.3 Å². The highest BCUT2D eigenvalue weighted by Gasteiger charge is 2.37. The lowest BCUT2D eigenvalue weighted by molar-refractivity contribution is -0.119. The van der Waals surface area contributed by atoms with Crippen LogP contribution in [0.3, 0.4) is 0 Å². The van der Waals surface area contributed by atoms with E-state index in [0.29, 0.717) is 31.1 Å². The van der Waals surface area contributed by atoms with Crippen LogP contribution >= 0.6 is 11.6 Å². The quantitative estimate of drug-likeness (QED) is 0.242. The topological polar surface area (TPSA) is 141 Å². The lowest BCUT2D eigenvalue weighted by Gasteiger charge is -2.31. The highest BCUT2D eigenvalue weighted by atomic mass is 35.5. The van der Waals surface area contributed by atoms with Crippen LogP contribution in [0.2, 0.25) is 5.02 Å². The number of nitrogens with one attached hydrogen (secondary N) is 2. The molecule has 2 aliphatic heterocycles. The summed E-state index contributed by atoms with van der Waals surface area (Å²) >= 11 is 5.90. The normalized spacial score (nSPS) is 20.2. The van der Waals surface area contributed by atoms with E-state index >= 15 is 4.39 Å². The van der Waals surface area contributed by atoms with Crippen LogP contribution in [0.15, 0.2) is 60.7 Å². The molecule has 0 aliphatic carbocycles. The van der Waals surface area contributed by atoms with Gasteiger partial charge in [-0.3, -0.25) is 4.79 Å². The molecule has 5 rings (SSSR count). The Bertz CT molecular complexity index is 1690. The van der Waals surface area contributed by atoms with Crippen LogP contribution in [0.25, 0.3) is 0 Å². The van der Waals surface area contributed by atoms with Gasteiger partial charge in [-0.2, -0.15) is 0 Å². The molecule has 51 heavy (non-hydrogen) atoms. The molecule has 4 N–H and O–H groups in total. The first-order valence-corrected chi connectivity index (χ1v) is 16.9. The Morgan fingerprint density at radius 3 is 2.53 bits per heavy atom. The summed E-state index contributed by atoms with van der Waals surface area (Å²) in [4.78, 5) is 40.2. The second kappa shape index (κ2) is 17.8. The molecule has 3 aromatic carbocycles. The SMILES string of the molecule is COC(=O)N(C(=O)[C@@H](N)[C@H](c1cccc(F)c1)c1ccc(Cl)c(F)c1)c1cccc(F)c1CC[C@@H]1CN[C@H](COC(=O)N[C@@H]2CCCOC2)CO1. The van der Waals surface area contributed by atoms with Crippen molar-refractivity contribution in [3.63, 3.8) is 0 Å². The van der Waals surface area contributed by atoms with E-state index in [9.17, 15) is 23.2 Å². The van der Waals surface area contributed by atoms with Gasteiger partial charge in [-0.15, -0.1) is 0 Å². The minimum absolute atomic E-state index is 0.0284. The molecule has 2 fully saturated rings. The molecule has 3 amide bonds. The molecule has 0 saturated carbocycles. The van der Waals surface area contributed by atoms with E-state index < -0.39 is 47.5 Å². The minimum atomic E-state index is -1.59. The molecule has 2 saturated heterocycles. The van der Waals surface area contributed by atoms with E-state index in [-0.39, 0.29) is 65.2 Å². The van der Waals surface area contributed by atoms with Crippen LogP contribution in [-0.4, -0.2) is 82.4 Å². The number of hydrogen-bond acceptors (Lipinski definition) is 9. The molecule has 11 nitrogen and oxygen atoms in total. The molecule has 3 aromatic rings. The fourth-order valence-corrected chi connectivity index (χ4v) is 6.33. The summed E-state index contributed by atoms with van der Waals surface area (Å²) in [5.41, 5.74) is 6.88. The van der Waals surface area contributed by atoms with Crippen molar-refractivity contribution in [3.05, 3.63) is 99.8 Å². The highest BCUT2D eigenvalue weighted by Crippen LogP contribution is 2.33. The molecule has 0 spiro atoms. The number of methoxy groups -OCH3 is 1. The van der Waals surface area contributed by atoms with E-state index in [2.05, 4.69) is 10.6 Å². The first-order valence-electron chi connectivity index (χ1n) is 16.6. The van der Waals surface area contributed by atoms with Crippen molar-refractivity contribution in [3.8, 4) is 0 Å². The molecule has 15 heteroatoms. The number of carbonyl (C=O) groups is 3. The Morgan fingerprint density at radius 2 is 1.84 bits per heavy atom.